The summed E-state index contributed by atoms with van der Waals surface area (Å²) in [4.78, 5) is 22.0. The van der Waals surface area contributed by atoms with E-state index >= 15 is 0 Å². The van der Waals surface area contributed by atoms with Crippen molar-refractivity contribution in [1.29, 1.82) is 0 Å². The molecule has 12 heteroatoms. The molecule has 0 atom stereocenters. The first kappa shape index (κ1) is 25.1. The molecule has 0 saturated carbocycles. The summed E-state index contributed by atoms with van der Waals surface area (Å²) in [5, 5.41) is 14.7. The van der Waals surface area contributed by atoms with Gasteiger partial charge in [0.25, 0.3) is 0 Å². The van der Waals surface area contributed by atoms with E-state index in [9.17, 15) is 14.3 Å². The Labute approximate surface area is 223 Å². The molecule has 0 amide bonds. The number of fused-ring (bicyclic) bond motifs is 3. The van der Waals surface area contributed by atoms with Gasteiger partial charge in [0.15, 0.2) is 11.4 Å². The second-order valence-corrected chi connectivity index (χ2v) is 10.5. The topological polar surface area (TPSA) is 123 Å². The van der Waals surface area contributed by atoms with Gasteiger partial charge in [-0.05, 0) is 49.7 Å². The zero-order valence-corrected chi connectivity index (χ0v) is 22.1. The SMILES string of the molecule is Cn1c(=O)n(CCN2CCN(c3ccc(C(C)(C)O)cc3F)CC2)c2nc(N)n3nc(-c4ccco4)cc3c21. The minimum absolute atomic E-state index is 0.181. The van der Waals surface area contributed by atoms with E-state index in [1.807, 2.05) is 17.0 Å². The Morgan fingerprint density at radius 2 is 1.90 bits per heavy atom. The van der Waals surface area contributed by atoms with Gasteiger partial charge in [-0.1, -0.05) is 6.07 Å². The number of halogens is 1. The first-order chi connectivity index (χ1) is 18.6. The molecule has 1 aliphatic heterocycles. The van der Waals surface area contributed by atoms with Crippen molar-refractivity contribution >= 4 is 28.3 Å². The quantitative estimate of drug-likeness (QED) is 0.341. The minimum Gasteiger partial charge on any atom is -0.463 e. The minimum atomic E-state index is -1.09. The van der Waals surface area contributed by atoms with E-state index in [1.165, 1.54) is 10.6 Å². The normalized spacial score (nSPS) is 15.2. The molecule has 0 aliphatic carbocycles. The maximum Gasteiger partial charge on any atom is 0.330 e. The van der Waals surface area contributed by atoms with Crippen molar-refractivity contribution in [1.82, 2.24) is 28.6 Å². The summed E-state index contributed by atoms with van der Waals surface area (Å²) in [5.74, 6) is 0.444. The maximum absolute atomic E-state index is 14.8. The predicted molar refractivity (Wildman–Crippen MR) is 146 cm³/mol. The van der Waals surface area contributed by atoms with E-state index < -0.39 is 5.60 Å². The number of anilines is 2. The van der Waals surface area contributed by atoms with Gasteiger partial charge in [0.1, 0.15) is 17.0 Å². The molecule has 204 valence electrons. The molecule has 4 aromatic heterocycles. The third kappa shape index (κ3) is 4.35. The lowest BCUT2D eigenvalue weighted by atomic mass is 9.98. The summed E-state index contributed by atoms with van der Waals surface area (Å²) in [6.45, 7) is 7.11. The van der Waals surface area contributed by atoms with Gasteiger partial charge >= 0.3 is 5.69 Å². The Bertz CT molecular complexity index is 1720. The number of hydrogen-bond donors (Lipinski definition) is 2. The van der Waals surface area contributed by atoms with Crippen LogP contribution in [0.2, 0.25) is 0 Å². The summed E-state index contributed by atoms with van der Waals surface area (Å²) >= 11 is 0. The summed E-state index contributed by atoms with van der Waals surface area (Å²) in [5.41, 5.74) is 8.48. The largest absolute Gasteiger partial charge is 0.463 e. The van der Waals surface area contributed by atoms with Crippen LogP contribution in [-0.4, -0.2) is 66.5 Å². The lowest BCUT2D eigenvalue weighted by molar-refractivity contribution is 0.0782. The molecule has 0 bridgehead atoms. The fraction of sp³-hybridized carbons (Fsp3) is 0.370. The molecular formula is C27H31FN8O3. The molecule has 1 aliphatic rings. The monoisotopic (exact) mass is 534 g/mol. The summed E-state index contributed by atoms with van der Waals surface area (Å²) < 4.78 is 25.0. The number of imidazole rings is 1. The third-order valence-corrected chi connectivity index (χ3v) is 7.49. The summed E-state index contributed by atoms with van der Waals surface area (Å²) in [6, 6.07) is 10.3. The molecule has 5 heterocycles. The van der Waals surface area contributed by atoms with Gasteiger partial charge in [0, 0.05) is 46.3 Å². The Balaban J connectivity index is 1.20. The van der Waals surface area contributed by atoms with Gasteiger partial charge in [-0.3, -0.25) is 14.0 Å². The molecule has 39 heavy (non-hydrogen) atoms. The standard InChI is InChI=1S/C27H31FN8O3/c1-27(2,38)17-6-7-20(18(28)15-17)34-11-8-33(9-12-34)10-13-35-24-23(32(3)26(35)37)21-16-19(22-5-4-14-39-22)31-36(21)25(29)30-24/h4-7,14-16,38H,8-13H2,1-3H3,(H2,29,30). The Morgan fingerprint density at radius 1 is 1.13 bits per heavy atom. The molecule has 6 rings (SSSR count). The van der Waals surface area contributed by atoms with E-state index in [2.05, 4.69) is 15.0 Å². The second kappa shape index (κ2) is 9.24. The average molecular weight is 535 g/mol. The van der Waals surface area contributed by atoms with E-state index in [0.29, 0.717) is 65.6 Å². The smallest absolute Gasteiger partial charge is 0.330 e. The maximum atomic E-state index is 14.8. The number of piperazine rings is 1. The van der Waals surface area contributed by atoms with Crippen LogP contribution in [0.25, 0.3) is 28.1 Å². The number of rotatable bonds is 6. The molecule has 0 unspecified atom stereocenters. The number of benzene rings is 1. The van der Waals surface area contributed by atoms with Crippen molar-refractivity contribution in [2.45, 2.75) is 26.0 Å². The van der Waals surface area contributed by atoms with Crippen molar-refractivity contribution in [3.05, 3.63) is 64.5 Å². The van der Waals surface area contributed by atoms with Crippen LogP contribution in [0.3, 0.4) is 0 Å². The van der Waals surface area contributed by atoms with Crippen LogP contribution in [0.1, 0.15) is 19.4 Å². The van der Waals surface area contributed by atoms with E-state index in [0.717, 1.165) is 13.1 Å². The molecule has 0 radical (unpaired) electrons. The van der Waals surface area contributed by atoms with Gasteiger partial charge in [0.05, 0.1) is 23.1 Å². The van der Waals surface area contributed by atoms with Crippen molar-refractivity contribution < 1.29 is 13.9 Å². The van der Waals surface area contributed by atoms with Crippen LogP contribution in [0.5, 0.6) is 0 Å². The molecule has 1 aromatic carbocycles. The highest BCUT2D eigenvalue weighted by atomic mass is 19.1. The van der Waals surface area contributed by atoms with Crippen molar-refractivity contribution in [2.75, 3.05) is 43.4 Å². The number of nitrogen functional groups attached to an aromatic ring is 1. The second-order valence-electron chi connectivity index (χ2n) is 10.5. The molecule has 1 fully saturated rings. The Kier molecular flexibility index (Phi) is 5.96. The first-order valence-corrected chi connectivity index (χ1v) is 12.9. The average Bonchev–Trinajstić information content (AvgIpc) is 3.63. The number of hydrogen-bond acceptors (Lipinski definition) is 8. The van der Waals surface area contributed by atoms with Gasteiger partial charge in [0.2, 0.25) is 5.95 Å². The Morgan fingerprint density at radius 3 is 2.56 bits per heavy atom. The number of aryl methyl sites for hydroxylation is 1. The predicted octanol–water partition coefficient (Wildman–Crippen LogP) is 2.41. The van der Waals surface area contributed by atoms with Crippen LogP contribution in [0.4, 0.5) is 16.0 Å². The van der Waals surface area contributed by atoms with E-state index in [1.54, 1.807) is 54.5 Å². The highest BCUT2D eigenvalue weighted by Crippen LogP contribution is 2.28. The van der Waals surface area contributed by atoms with Gasteiger partial charge in [-0.25, -0.2) is 9.18 Å². The molecule has 0 spiro atoms. The summed E-state index contributed by atoms with van der Waals surface area (Å²) in [6.07, 6.45) is 1.58. The fourth-order valence-corrected chi connectivity index (χ4v) is 5.27. The van der Waals surface area contributed by atoms with Crippen LogP contribution in [0, 0.1) is 5.82 Å². The lowest BCUT2D eigenvalue weighted by Gasteiger charge is -2.36. The molecule has 3 N–H and O–H groups in total. The molecule has 5 aromatic rings. The third-order valence-electron chi connectivity index (χ3n) is 7.49. The number of nitrogens with zero attached hydrogens (tertiary/aromatic N) is 7. The fourth-order valence-electron chi connectivity index (χ4n) is 5.27. The van der Waals surface area contributed by atoms with Crippen LogP contribution in [-0.2, 0) is 19.2 Å². The molecule has 1 saturated heterocycles. The lowest BCUT2D eigenvalue weighted by Crippen LogP contribution is -2.47. The van der Waals surface area contributed by atoms with Crippen LogP contribution in [0.15, 0.2) is 51.9 Å². The molecular weight excluding hydrogens is 503 g/mol. The first-order valence-electron chi connectivity index (χ1n) is 12.9. The highest BCUT2D eigenvalue weighted by molar-refractivity contribution is 5.91. The number of aromatic nitrogens is 5. The summed E-state index contributed by atoms with van der Waals surface area (Å²) in [7, 11) is 1.72. The number of furan rings is 1. The molecule has 11 nitrogen and oxygen atoms in total. The van der Waals surface area contributed by atoms with Gasteiger partial charge in [-0.15, -0.1) is 0 Å². The van der Waals surface area contributed by atoms with E-state index in [4.69, 9.17) is 10.2 Å². The zero-order valence-electron chi connectivity index (χ0n) is 22.1. The number of aliphatic hydroxyl groups is 1. The van der Waals surface area contributed by atoms with E-state index in [-0.39, 0.29) is 17.5 Å². The number of nitrogens with two attached hydrogens (primary N) is 1. The van der Waals surface area contributed by atoms with Crippen LogP contribution < -0.4 is 16.3 Å². The van der Waals surface area contributed by atoms with Crippen LogP contribution >= 0.6 is 0 Å². The van der Waals surface area contributed by atoms with Gasteiger partial charge in [-0.2, -0.15) is 14.6 Å². The van der Waals surface area contributed by atoms with Gasteiger partial charge < -0.3 is 20.2 Å². The van der Waals surface area contributed by atoms with Crippen molar-refractivity contribution in [3.8, 4) is 11.5 Å². The highest BCUT2D eigenvalue weighted by Gasteiger charge is 2.24. The van der Waals surface area contributed by atoms with Crippen molar-refractivity contribution in [2.24, 2.45) is 7.05 Å². The zero-order chi connectivity index (χ0) is 27.5. The Hall–Kier alpha value is -4.16. The van der Waals surface area contributed by atoms with Crippen molar-refractivity contribution in [3.63, 3.8) is 0 Å².